The second-order valence-electron chi connectivity index (χ2n) is 7.69. The molecule has 2 rings (SSSR count). The Morgan fingerprint density at radius 1 is 1.19 bits per heavy atom. The highest BCUT2D eigenvalue weighted by molar-refractivity contribution is 5.42. The van der Waals surface area contributed by atoms with Crippen LogP contribution in [0.2, 0.25) is 0 Å². The number of aliphatic hydroxyl groups excluding tert-OH is 1. The van der Waals surface area contributed by atoms with Gasteiger partial charge < -0.3 is 10.0 Å². The SMILES string of the molecule is C=C/C=C\[C@@H](CCC=C)C1=CC(O)N(C)/C(C)=C/C=C(/[C@H](F)c2ccc(C#N)cc2)C=C1. The topological polar surface area (TPSA) is 47.3 Å². The lowest BCUT2D eigenvalue weighted by Crippen LogP contribution is -2.28. The Balaban J connectivity index is 2.50. The summed E-state index contributed by atoms with van der Waals surface area (Å²) in [5.41, 5.74) is 3.15. The van der Waals surface area contributed by atoms with Crippen molar-refractivity contribution in [2.24, 2.45) is 5.92 Å². The van der Waals surface area contributed by atoms with E-state index in [-0.39, 0.29) is 5.92 Å². The Bertz CT molecular complexity index is 989. The van der Waals surface area contributed by atoms with Gasteiger partial charge in [-0.25, -0.2) is 4.39 Å². The van der Waals surface area contributed by atoms with Gasteiger partial charge in [-0.05, 0) is 60.8 Å². The van der Waals surface area contributed by atoms with Gasteiger partial charge in [-0.15, -0.1) is 6.58 Å². The number of nitriles is 1. The molecule has 4 heteroatoms. The molecule has 1 aromatic carbocycles. The van der Waals surface area contributed by atoms with Crippen LogP contribution < -0.4 is 0 Å². The summed E-state index contributed by atoms with van der Waals surface area (Å²) in [6.45, 7) is 9.43. The third kappa shape index (κ3) is 6.80. The zero-order valence-electron chi connectivity index (χ0n) is 18.8. The molecule has 1 aliphatic heterocycles. The first-order valence-electron chi connectivity index (χ1n) is 10.6. The summed E-state index contributed by atoms with van der Waals surface area (Å²) in [6.07, 6.45) is 15.9. The maximum absolute atomic E-state index is 15.5. The maximum Gasteiger partial charge on any atom is 0.150 e. The summed E-state index contributed by atoms with van der Waals surface area (Å²) in [6, 6.07) is 8.57. The van der Waals surface area contributed by atoms with Gasteiger partial charge >= 0.3 is 0 Å². The van der Waals surface area contributed by atoms with Crippen LogP contribution in [-0.4, -0.2) is 23.3 Å². The van der Waals surface area contributed by atoms with Crippen molar-refractivity contribution in [2.75, 3.05) is 7.05 Å². The van der Waals surface area contributed by atoms with Gasteiger partial charge in [0.05, 0.1) is 11.6 Å². The lowest BCUT2D eigenvalue weighted by molar-refractivity contribution is 0.0884. The lowest BCUT2D eigenvalue weighted by atomic mass is 9.90. The van der Waals surface area contributed by atoms with Crippen molar-refractivity contribution in [2.45, 2.75) is 32.2 Å². The number of alkyl halides is 1. The minimum atomic E-state index is -1.35. The second kappa shape index (κ2) is 12.4. The summed E-state index contributed by atoms with van der Waals surface area (Å²) < 4.78 is 15.5. The van der Waals surface area contributed by atoms with Gasteiger partial charge in [0.25, 0.3) is 0 Å². The van der Waals surface area contributed by atoms with Crippen LogP contribution in [0.5, 0.6) is 0 Å². The van der Waals surface area contributed by atoms with Crippen LogP contribution in [0.15, 0.2) is 109 Å². The van der Waals surface area contributed by atoms with Crippen LogP contribution in [0.25, 0.3) is 0 Å². The highest BCUT2D eigenvalue weighted by atomic mass is 19.1. The highest BCUT2D eigenvalue weighted by Gasteiger charge is 2.18. The van der Waals surface area contributed by atoms with E-state index in [1.165, 1.54) is 0 Å². The predicted octanol–water partition coefficient (Wildman–Crippen LogP) is 6.47. The zero-order chi connectivity index (χ0) is 23.5. The summed E-state index contributed by atoms with van der Waals surface area (Å²) in [5.74, 6) is 0.0169. The minimum absolute atomic E-state index is 0.0169. The molecule has 0 bridgehead atoms. The molecule has 0 radical (unpaired) electrons. The van der Waals surface area contributed by atoms with Gasteiger partial charge in [0, 0.05) is 18.7 Å². The smallest absolute Gasteiger partial charge is 0.150 e. The molecule has 32 heavy (non-hydrogen) atoms. The van der Waals surface area contributed by atoms with E-state index in [0.717, 1.165) is 24.1 Å². The molecule has 0 aromatic heterocycles. The zero-order valence-corrected chi connectivity index (χ0v) is 18.8. The molecule has 3 atom stereocenters. The van der Waals surface area contributed by atoms with E-state index in [9.17, 15) is 5.11 Å². The molecule has 0 saturated carbocycles. The quantitative estimate of drug-likeness (QED) is 0.380. The average molecular weight is 431 g/mol. The first-order chi connectivity index (χ1) is 15.4. The van der Waals surface area contributed by atoms with Gasteiger partial charge in [-0.3, -0.25) is 0 Å². The molecule has 0 fully saturated rings. The van der Waals surface area contributed by atoms with Gasteiger partial charge in [0.15, 0.2) is 6.17 Å². The maximum atomic E-state index is 15.5. The van der Waals surface area contributed by atoms with Crippen molar-refractivity contribution < 1.29 is 9.50 Å². The van der Waals surface area contributed by atoms with Crippen LogP contribution in [0.1, 0.15) is 37.1 Å². The Labute approximate surface area is 191 Å². The molecular weight excluding hydrogens is 399 g/mol. The van der Waals surface area contributed by atoms with Gasteiger partial charge in [-0.1, -0.05) is 61.2 Å². The number of benzene rings is 1. The number of allylic oxidation sites excluding steroid dienone is 11. The van der Waals surface area contributed by atoms with E-state index in [4.69, 9.17) is 5.26 Å². The van der Waals surface area contributed by atoms with Crippen LogP contribution >= 0.6 is 0 Å². The van der Waals surface area contributed by atoms with Crippen LogP contribution in [0.3, 0.4) is 0 Å². The number of rotatable bonds is 8. The van der Waals surface area contributed by atoms with Crippen LogP contribution in [0.4, 0.5) is 4.39 Å². The molecule has 0 saturated heterocycles. The van der Waals surface area contributed by atoms with Crippen molar-refractivity contribution in [3.8, 4) is 6.07 Å². The van der Waals surface area contributed by atoms with Crippen LogP contribution in [-0.2, 0) is 0 Å². The summed E-state index contributed by atoms with van der Waals surface area (Å²) in [5, 5.41) is 19.7. The first-order valence-corrected chi connectivity index (χ1v) is 10.6. The van der Waals surface area contributed by atoms with Gasteiger partial charge in [0.1, 0.15) is 6.23 Å². The van der Waals surface area contributed by atoms with Crippen molar-refractivity contribution in [3.63, 3.8) is 0 Å². The molecule has 0 aliphatic carbocycles. The Hall–Kier alpha value is -3.42. The second-order valence-corrected chi connectivity index (χ2v) is 7.69. The van der Waals surface area contributed by atoms with Crippen LogP contribution in [0, 0.1) is 17.2 Å². The molecule has 1 unspecified atom stereocenters. The number of hydrogen-bond acceptors (Lipinski definition) is 3. The molecule has 1 aromatic rings. The molecule has 1 heterocycles. The molecule has 1 aliphatic rings. The average Bonchev–Trinajstić information content (AvgIpc) is 2.81. The van der Waals surface area contributed by atoms with Crippen molar-refractivity contribution in [1.29, 1.82) is 5.26 Å². The highest BCUT2D eigenvalue weighted by Crippen LogP contribution is 2.30. The molecule has 0 spiro atoms. The first kappa shape index (κ1) is 24.8. The van der Waals surface area contributed by atoms with Crippen molar-refractivity contribution in [1.82, 2.24) is 4.90 Å². The van der Waals surface area contributed by atoms with Crippen molar-refractivity contribution in [3.05, 3.63) is 120 Å². The molecular formula is C28H31FN2O. The summed E-state index contributed by atoms with van der Waals surface area (Å²) >= 11 is 0. The van der Waals surface area contributed by atoms with Gasteiger partial charge in [0.2, 0.25) is 0 Å². The Morgan fingerprint density at radius 3 is 2.50 bits per heavy atom. The monoisotopic (exact) mass is 430 g/mol. The van der Waals surface area contributed by atoms with E-state index in [1.54, 1.807) is 66.6 Å². The third-order valence-electron chi connectivity index (χ3n) is 5.49. The third-order valence-corrected chi connectivity index (χ3v) is 5.49. The molecule has 1 N–H and O–H groups in total. The minimum Gasteiger partial charge on any atom is -0.370 e. The number of likely N-dealkylation sites (N-methyl/N-ethyl adjacent to an activating group) is 1. The van der Waals surface area contributed by atoms with E-state index in [2.05, 4.69) is 19.2 Å². The van der Waals surface area contributed by atoms with Crippen molar-refractivity contribution >= 4 is 0 Å². The predicted molar refractivity (Wildman–Crippen MR) is 130 cm³/mol. The number of aliphatic hydroxyl groups is 1. The fourth-order valence-electron chi connectivity index (χ4n) is 3.35. The molecule has 3 nitrogen and oxygen atoms in total. The lowest BCUT2D eigenvalue weighted by Gasteiger charge is -2.26. The summed E-state index contributed by atoms with van der Waals surface area (Å²) in [4.78, 5) is 1.74. The summed E-state index contributed by atoms with van der Waals surface area (Å²) in [7, 11) is 1.80. The number of hydrogen-bond donors (Lipinski definition) is 1. The standard InChI is InChI=1S/C28H31FN2O/c1-5-7-9-23(10-8-6-2)26-18-17-24(14-11-21(3)31(4)27(32)19-26)28(29)25-15-12-22(20-30)13-16-25/h5-7,9,11-19,23,27-28,32H,1-2,8,10H2,3-4H3/b9-7-,18-17?,21-11+,24-14+,26-19?/t23-,27?,28-/m0/s1. The fourth-order valence-corrected chi connectivity index (χ4v) is 3.35. The Kier molecular flexibility index (Phi) is 9.66. The largest absolute Gasteiger partial charge is 0.370 e. The number of halogens is 1. The van der Waals surface area contributed by atoms with E-state index < -0.39 is 12.4 Å². The fraction of sp³-hybridized carbons (Fsp3) is 0.250. The normalized spacial score (nSPS) is 22.0. The molecule has 0 amide bonds. The van der Waals surface area contributed by atoms with E-state index >= 15 is 4.39 Å². The van der Waals surface area contributed by atoms with E-state index in [0.29, 0.717) is 16.7 Å². The number of nitrogens with zero attached hydrogens (tertiary/aromatic N) is 2. The van der Waals surface area contributed by atoms with E-state index in [1.807, 2.05) is 31.2 Å². The Morgan fingerprint density at radius 2 is 1.88 bits per heavy atom. The van der Waals surface area contributed by atoms with Gasteiger partial charge in [-0.2, -0.15) is 5.26 Å². The molecule has 166 valence electrons.